The predicted molar refractivity (Wildman–Crippen MR) is 119 cm³/mol. The molecular weight excluding hydrogens is 362 g/mol. The first-order chi connectivity index (χ1) is 13.9. The van der Waals surface area contributed by atoms with Gasteiger partial charge in [0.2, 0.25) is 5.91 Å². The topological polar surface area (TPSA) is 61.4 Å². The molecule has 2 amide bonds. The van der Waals surface area contributed by atoms with Crippen molar-refractivity contribution in [3.63, 3.8) is 0 Å². The van der Waals surface area contributed by atoms with Crippen LogP contribution in [0.5, 0.6) is 0 Å². The fourth-order valence-electron chi connectivity index (χ4n) is 2.93. The summed E-state index contributed by atoms with van der Waals surface area (Å²) in [5, 5.41) is 5.96. The Morgan fingerprint density at radius 3 is 2.31 bits per heavy atom. The average molecular weight is 387 g/mol. The van der Waals surface area contributed by atoms with Crippen molar-refractivity contribution in [2.45, 2.75) is 13.8 Å². The number of aryl methyl sites for hydroxylation is 2. The zero-order chi connectivity index (χ0) is 20.8. The Morgan fingerprint density at radius 1 is 0.828 bits per heavy atom. The molecule has 3 rings (SSSR count). The molecule has 2 N–H and O–H groups in total. The Hall–Kier alpha value is -3.60. The van der Waals surface area contributed by atoms with E-state index in [9.17, 15) is 9.59 Å². The lowest BCUT2D eigenvalue weighted by Gasteiger charge is -2.18. The van der Waals surface area contributed by atoms with Crippen molar-refractivity contribution in [3.05, 3.63) is 89.5 Å². The molecule has 148 valence electrons. The minimum Gasteiger partial charge on any atom is -0.376 e. The lowest BCUT2D eigenvalue weighted by Crippen LogP contribution is -2.26. The van der Waals surface area contributed by atoms with Crippen molar-refractivity contribution in [2.24, 2.45) is 0 Å². The van der Waals surface area contributed by atoms with Crippen molar-refractivity contribution < 1.29 is 9.59 Å². The third kappa shape index (κ3) is 5.23. The number of amides is 2. The molecule has 0 aliphatic carbocycles. The minimum absolute atomic E-state index is 0.138. The number of anilines is 3. The number of carbonyl (C=O) groups is 2. The van der Waals surface area contributed by atoms with Crippen molar-refractivity contribution in [1.82, 2.24) is 0 Å². The molecule has 0 atom stereocenters. The second-order valence-electron chi connectivity index (χ2n) is 6.98. The number of benzene rings is 3. The fraction of sp³-hybridized carbons (Fsp3) is 0.167. The molecule has 3 aromatic rings. The molecule has 0 heterocycles. The number of rotatable bonds is 6. The molecule has 0 fully saturated rings. The van der Waals surface area contributed by atoms with Crippen LogP contribution in [0.2, 0.25) is 0 Å². The van der Waals surface area contributed by atoms with Gasteiger partial charge in [0.25, 0.3) is 5.91 Å². The Kier molecular flexibility index (Phi) is 6.29. The number of nitrogens with zero attached hydrogens (tertiary/aromatic N) is 1. The number of nitrogens with one attached hydrogen (secondary N) is 2. The molecule has 0 radical (unpaired) electrons. The lowest BCUT2D eigenvalue weighted by molar-refractivity contribution is -0.114. The zero-order valence-corrected chi connectivity index (χ0v) is 16.9. The highest BCUT2D eigenvalue weighted by molar-refractivity contribution is 6.06. The number of hydrogen-bond acceptors (Lipinski definition) is 3. The van der Waals surface area contributed by atoms with Gasteiger partial charge < -0.3 is 15.5 Å². The van der Waals surface area contributed by atoms with Gasteiger partial charge in [-0.15, -0.1) is 0 Å². The van der Waals surface area contributed by atoms with Crippen molar-refractivity contribution >= 4 is 28.9 Å². The van der Waals surface area contributed by atoms with E-state index in [2.05, 4.69) is 17.6 Å². The smallest absolute Gasteiger partial charge is 0.258 e. The molecule has 0 saturated heterocycles. The maximum absolute atomic E-state index is 12.8. The van der Waals surface area contributed by atoms with E-state index in [1.165, 1.54) is 11.1 Å². The maximum atomic E-state index is 12.8. The first kappa shape index (κ1) is 20.1. The highest BCUT2D eigenvalue weighted by Crippen LogP contribution is 2.18. The van der Waals surface area contributed by atoms with Gasteiger partial charge in [0.15, 0.2) is 0 Å². The molecule has 0 bridgehead atoms. The van der Waals surface area contributed by atoms with Crippen LogP contribution in [0.1, 0.15) is 21.5 Å². The van der Waals surface area contributed by atoms with Gasteiger partial charge >= 0.3 is 0 Å². The average Bonchev–Trinajstić information content (AvgIpc) is 2.74. The third-order valence-corrected chi connectivity index (χ3v) is 4.80. The van der Waals surface area contributed by atoms with Crippen molar-refractivity contribution in [2.75, 3.05) is 29.1 Å². The molecule has 5 nitrogen and oxygen atoms in total. The Labute approximate surface area is 171 Å². The summed E-state index contributed by atoms with van der Waals surface area (Å²) < 4.78 is 0. The van der Waals surface area contributed by atoms with E-state index in [0.717, 1.165) is 11.4 Å². The van der Waals surface area contributed by atoms with Crippen LogP contribution < -0.4 is 15.5 Å². The molecule has 0 aromatic heterocycles. The number of hydrogen-bond donors (Lipinski definition) is 2. The molecule has 0 saturated carbocycles. The van der Waals surface area contributed by atoms with Crippen LogP contribution in [0.4, 0.5) is 17.1 Å². The number of carbonyl (C=O) groups excluding carboxylic acids is 2. The summed E-state index contributed by atoms with van der Waals surface area (Å²) in [5.74, 6) is -0.315. The van der Waals surface area contributed by atoms with E-state index in [1.54, 1.807) is 36.2 Å². The van der Waals surface area contributed by atoms with Gasteiger partial charge in [0.1, 0.15) is 0 Å². The summed E-state index contributed by atoms with van der Waals surface area (Å²) in [7, 11) is 1.73. The molecule has 3 aromatic carbocycles. The van der Waals surface area contributed by atoms with E-state index >= 15 is 0 Å². The second-order valence-corrected chi connectivity index (χ2v) is 6.98. The van der Waals surface area contributed by atoms with E-state index in [0.29, 0.717) is 11.3 Å². The van der Waals surface area contributed by atoms with Crippen LogP contribution in [0.25, 0.3) is 0 Å². The van der Waals surface area contributed by atoms with Crippen molar-refractivity contribution in [3.8, 4) is 0 Å². The third-order valence-electron chi connectivity index (χ3n) is 4.80. The molecule has 5 heteroatoms. The summed E-state index contributed by atoms with van der Waals surface area (Å²) in [4.78, 5) is 26.6. The molecule has 0 unspecified atom stereocenters. The first-order valence-corrected chi connectivity index (χ1v) is 9.48. The Balaban J connectivity index is 1.62. The van der Waals surface area contributed by atoms with Gasteiger partial charge in [-0.2, -0.15) is 0 Å². The van der Waals surface area contributed by atoms with E-state index in [1.807, 2.05) is 55.5 Å². The predicted octanol–water partition coefficient (Wildman–Crippen LogP) is 4.63. The molecule has 0 spiro atoms. The fourth-order valence-corrected chi connectivity index (χ4v) is 2.93. The second kappa shape index (κ2) is 9.06. The van der Waals surface area contributed by atoms with E-state index < -0.39 is 0 Å². The molecular formula is C24H25N3O2. The highest BCUT2D eigenvalue weighted by Gasteiger charge is 2.14. The van der Waals surface area contributed by atoms with Crippen LogP contribution in [0.15, 0.2) is 72.8 Å². The molecule has 29 heavy (non-hydrogen) atoms. The summed E-state index contributed by atoms with van der Waals surface area (Å²) >= 11 is 0. The van der Waals surface area contributed by atoms with Crippen LogP contribution in [0.3, 0.4) is 0 Å². The van der Waals surface area contributed by atoms with Crippen LogP contribution in [0, 0.1) is 13.8 Å². The summed E-state index contributed by atoms with van der Waals surface area (Å²) in [6.07, 6.45) is 0. The van der Waals surface area contributed by atoms with Gasteiger partial charge in [0, 0.05) is 29.7 Å². The molecule has 0 aliphatic rings. The van der Waals surface area contributed by atoms with Crippen LogP contribution in [-0.2, 0) is 4.79 Å². The first-order valence-electron chi connectivity index (χ1n) is 9.48. The van der Waals surface area contributed by atoms with Crippen LogP contribution >= 0.6 is 0 Å². The maximum Gasteiger partial charge on any atom is 0.258 e. The van der Waals surface area contributed by atoms with Gasteiger partial charge in [0.05, 0.1) is 6.54 Å². The van der Waals surface area contributed by atoms with Gasteiger partial charge in [-0.3, -0.25) is 9.59 Å². The van der Waals surface area contributed by atoms with Gasteiger partial charge in [-0.05, 0) is 67.4 Å². The Bertz CT molecular complexity index is 1020. The quantitative estimate of drug-likeness (QED) is 0.648. The normalized spacial score (nSPS) is 10.3. The van der Waals surface area contributed by atoms with Crippen LogP contribution in [-0.4, -0.2) is 25.4 Å². The van der Waals surface area contributed by atoms with Crippen molar-refractivity contribution in [1.29, 1.82) is 0 Å². The minimum atomic E-state index is -0.177. The van der Waals surface area contributed by atoms with E-state index in [4.69, 9.17) is 0 Å². The largest absolute Gasteiger partial charge is 0.376 e. The highest BCUT2D eigenvalue weighted by atomic mass is 16.2. The van der Waals surface area contributed by atoms with Gasteiger partial charge in [-0.1, -0.05) is 30.3 Å². The van der Waals surface area contributed by atoms with Gasteiger partial charge in [-0.25, -0.2) is 0 Å². The summed E-state index contributed by atoms with van der Waals surface area (Å²) in [6, 6.07) is 22.4. The Morgan fingerprint density at radius 2 is 1.59 bits per heavy atom. The standard InChI is InChI=1S/C24H25N3O2/c1-17-12-13-20(14-18(17)2)25-16-23(28)26-21-9-7-8-19(15-21)24(29)27(3)22-10-5-4-6-11-22/h4-15,25H,16H2,1-3H3,(H,26,28). The lowest BCUT2D eigenvalue weighted by atomic mass is 10.1. The number of para-hydroxylation sites is 1. The summed E-state index contributed by atoms with van der Waals surface area (Å²) in [6.45, 7) is 4.23. The SMILES string of the molecule is Cc1ccc(NCC(=O)Nc2cccc(C(=O)N(C)c3ccccc3)c2)cc1C. The monoisotopic (exact) mass is 387 g/mol. The molecule has 0 aliphatic heterocycles. The zero-order valence-electron chi connectivity index (χ0n) is 16.9. The van der Waals surface area contributed by atoms with E-state index in [-0.39, 0.29) is 18.4 Å². The summed E-state index contributed by atoms with van der Waals surface area (Å²) in [5.41, 5.74) is 5.19.